The molecule has 1 amide bonds. The largest absolute Gasteiger partial charge is 0.481 e. The third kappa shape index (κ3) is 3.80. The van der Waals surface area contributed by atoms with Gasteiger partial charge in [-0.2, -0.15) is 0 Å². The van der Waals surface area contributed by atoms with Gasteiger partial charge in [0, 0.05) is 19.0 Å². The van der Waals surface area contributed by atoms with Gasteiger partial charge in [0.1, 0.15) is 5.82 Å². The molecule has 5 heteroatoms. The fraction of sp³-hybridized carbons (Fsp3) is 0.500. The van der Waals surface area contributed by atoms with Gasteiger partial charge < -0.3 is 10.0 Å². The van der Waals surface area contributed by atoms with E-state index in [-0.39, 0.29) is 17.8 Å². The highest BCUT2D eigenvalue weighted by molar-refractivity contribution is 5.79. The maximum Gasteiger partial charge on any atom is 0.308 e. The summed E-state index contributed by atoms with van der Waals surface area (Å²) in [7, 11) is 0. The summed E-state index contributed by atoms with van der Waals surface area (Å²) < 4.78 is 12.8. The Morgan fingerprint density at radius 1 is 1.33 bits per heavy atom. The van der Waals surface area contributed by atoms with Crippen LogP contribution in [-0.4, -0.2) is 34.5 Å². The van der Waals surface area contributed by atoms with Gasteiger partial charge in [-0.15, -0.1) is 0 Å². The summed E-state index contributed by atoms with van der Waals surface area (Å²) in [6.07, 6.45) is 2.21. The zero-order chi connectivity index (χ0) is 15.4. The summed E-state index contributed by atoms with van der Waals surface area (Å²) in [6, 6.07) is 5.83. The number of halogens is 1. The van der Waals surface area contributed by atoms with Gasteiger partial charge in [-0.1, -0.05) is 12.1 Å². The molecule has 1 saturated heterocycles. The molecule has 0 bridgehead atoms. The van der Waals surface area contributed by atoms with Crippen LogP contribution in [0.25, 0.3) is 0 Å². The SMILES string of the molecule is C[C@@H]1[C@H](C(=O)O)CCCN1C(=O)CCc1ccc(F)cc1. The fourth-order valence-electron chi connectivity index (χ4n) is 2.87. The summed E-state index contributed by atoms with van der Waals surface area (Å²) in [5, 5.41) is 9.17. The third-order valence-corrected chi connectivity index (χ3v) is 4.17. The first-order chi connectivity index (χ1) is 9.99. The Morgan fingerprint density at radius 3 is 2.62 bits per heavy atom. The maximum absolute atomic E-state index is 12.8. The number of carboxylic acids is 1. The third-order valence-electron chi connectivity index (χ3n) is 4.17. The van der Waals surface area contributed by atoms with E-state index in [1.807, 2.05) is 0 Å². The second kappa shape index (κ2) is 6.70. The van der Waals surface area contributed by atoms with Crippen LogP contribution in [0.3, 0.4) is 0 Å². The number of aliphatic carboxylic acids is 1. The summed E-state index contributed by atoms with van der Waals surface area (Å²) in [4.78, 5) is 25.1. The molecule has 1 aliphatic heterocycles. The molecule has 1 N–H and O–H groups in total. The summed E-state index contributed by atoms with van der Waals surface area (Å²) in [6.45, 7) is 2.42. The Balaban J connectivity index is 1.93. The van der Waals surface area contributed by atoms with Crippen molar-refractivity contribution in [2.24, 2.45) is 5.92 Å². The first kappa shape index (κ1) is 15.5. The first-order valence-electron chi connectivity index (χ1n) is 7.25. The molecule has 0 unspecified atom stereocenters. The molecule has 0 aromatic heterocycles. The quantitative estimate of drug-likeness (QED) is 0.927. The van der Waals surface area contributed by atoms with Crippen molar-refractivity contribution in [1.29, 1.82) is 0 Å². The van der Waals surface area contributed by atoms with Crippen LogP contribution in [0.1, 0.15) is 31.7 Å². The van der Waals surface area contributed by atoms with Crippen molar-refractivity contribution in [2.45, 2.75) is 38.6 Å². The number of aryl methyl sites for hydroxylation is 1. The average Bonchev–Trinajstić information content (AvgIpc) is 2.46. The molecule has 0 saturated carbocycles. The van der Waals surface area contributed by atoms with Crippen LogP contribution in [0, 0.1) is 11.7 Å². The monoisotopic (exact) mass is 293 g/mol. The van der Waals surface area contributed by atoms with Crippen LogP contribution in [-0.2, 0) is 16.0 Å². The van der Waals surface area contributed by atoms with Crippen molar-refractivity contribution < 1.29 is 19.1 Å². The Bertz CT molecular complexity index is 515. The molecule has 2 atom stereocenters. The first-order valence-corrected chi connectivity index (χ1v) is 7.25. The second-order valence-electron chi connectivity index (χ2n) is 5.54. The van der Waals surface area contributed by atoms with E-state index in [9.17, 15) is 14.0 Å². The molecule has 4 nitrogen and oxygen atoms in total. The molecule has 0 aliphatic carbocycles. The van der Waals surface area contributed by atoms with Crippen LogP contribution >= 0.6 is 0 Å². The molecule has 0 radical (unpaired) electrons. The predicted molar refractivity (Wildman–Crippen MR) is 76.3 cm³/mol. The van der Waals surface area contributed by atoms with Gasteiger partial charge in [0.05, 0.1) is 5.92 Å². The van der Waals surface area contributed by atoms with Crippen molar-refractivity contribution in [3.8, 4) is 0 Å². The molecule has 21 heavy (non-hydrogen) atoms. The lowest BCUT2D eigenvalue weighted by Crippen LogP contribution is -2.49. The zero-order valence-corrected chi connectivity index (χ0v) is 12.1. The van der Waals surface area contributed by atoms with E-state index in [4.69, 9.17) is 5.11 Å². The zero-order valence-electron chi connectivity index (χ0n) is 12.1. The van der Waals surface area contributed by atoms with Crippen molar-refractivity contribution in [3.63, 3.8) is 0 Å². The fourth-order valence-corrected chi connectivity index (χ4v) is 2.87. The van der Waals surface area contributed by atoms with E-state index >= 15 is 0 Å². The number of carbonyl (C=O) groups excluding carboxylic acids is 1. The number of benzene rings is 1. The lowest BCUT2D eigenvalue weighted by atomic mass is 9.90. The molecular formula is C16H20FNO3. The van der Waals surface area contributed by atoms with Crippen LogP contribution in [0.2, 0.25) is 0 Å². The number of nitrogens with zero attached hydrogens (tertiary/aromatic N) is 1. The summed E-state index contributed by atoms with van der Waals surface area (Å²) >= 11 is 0. The maximum atomic E-state index is 12.8. The van der Waals surface area contributed by atoms with Gasteiger partial charge in [0.25, 0.3) is 0 Å². The molecular weight excluding hydrogens is 273 g/mol. The molecule has 114 valence electrons. The number of carbonyl (C=O) groups is 2. The van der Waals surface area contributed by atoms with Gasteiger partial charge in [-0.25, -0.2) is 4.39 Å². The Kier molecular flexibility index (Phi) is 4.94. The second-order valence-corrected chi connectivity index (χ2v) is 5.54. The van der Waals surface area contributed by atoms with E-state index < -0.39 is 11.9 Å². The van der Waals surface area contributed by atoms with E-state index in [2.05, 4.69) is 0 Å². The van der Waals surface area contributed by atoms with Gasteiger partial charge in [-0.3, -0.25) is 9.59 Å². The molecule has 1 fully saturated rings. The highest BCUT2D eigenvalue weighted by Gasteiger charge is 2.34. The number of carboxylic acid groups (broad SMARTS) is 1. The summed E-state index contributed by atoms with van der Waals surface area (Å²) in [5.41, 5.74) is 0.907. The highest BCUT2D eigenvalue weighted by Crippen LogP contribution is 2.24. The van der Waals surface area contributed by atoms with Gasteiger partial charge in [0.2, 0.25) is 5.91 Å². The minimum Gasteiger partial charge on any atom is -0.481 e. The number of hydrogen-bond acceptors (Lipinski definition) is 2. The van der Waals surface area contributed by atoms with E-state index in [1.54, 1.807) is 24.0 Å². The minimum absolute atomic E-state index is 0.0298. The standard InChI is InChI=1S/C16H20FNO3/c1-11-14(16(20)21)3-2-10-18(11)15(19)9-6-12-4-7-13(17)8-5-12/h4-5,7-8,11,14H,2-3,6,9-10H2,1H3,(H,20,21)/t11-,14-/m1/s1. The lowest BCUT2D eigenvalue weighted by molar-refractivity contribution is -0.149. The van der Waals surface area contributed by atoms with E-state index in [0.717, 1.165) is 12.0 Å². The van der Waals surface area contributed by atoms with Crippen molar-refractivity contribution >= 4 is 11.9 Å². The topological polar surface area (TPSA) is 57.6 Å². The normalized spacial score (nSPS) is 22.1. The molecule has 0 spiro atoms. The molecule has 1 aromatic rings. The number of rotatable bonds is 4. The Morgan fingerprint density at radius 2 is 2.00 bits per heavy atom. The number of piperidine rings is 1. The molecule has 1 heterocycles. The molecule has 2 rings (SSSR count). The van der Waals surface area contributed by atoms with Gasteiger partial charge in [0.15, 0.2) is 0 Å². The Hall–Kier alpha value is -1.91. The van der Waals surface area contributed by atoms with Crippen LogP contribution < -0.4 is 0 Å². The van der Waals surface area contributed by atoms with E-state index in [0.29, 0.717) is 25.8 Å². The minimum atomic E-state index is -0.835. The lowest BCUT2D eigenvalue weighted by Gasteiger charge is -2.37. The van der Waals surface area contributed by atoms with Gasteiger partial charge in [-0.05, 0) is 43.9 Å². The molecule has 1 aliphatic rings. The molecule has 1 aromatic carbocycles. The van der Waals surface area contributed by atoms with Crippen LogP contribution in [0.4, 0.5) is 4.39 Å². The smallest absolute Gasteiger partial charge is 0.308 e. The van der Waals surface area contributed by atoms with Gasteiger partial charge >= 0.3 is 5.97 Å². The van der Waals surface area contributed by atoms with E-state index in [1.165, 1.54) is 12.1 Å². The van der Waals surface area contributed by atoms with Crippen molar-refractivity contribution in [1.82, 2.24) is 4.90 Å². The summed E-state index contributed by atoms with van der Waals surface area (Å²) in [5.74, 6) is -1.64. The van der Waals surface area contributed by atoms with Crippen LogP contribution in [0.5, 0.6) is 0 Å². The number of amides is 1. The average molecular weight is 293 g/mol. The highest BCUT2D eigenvalue weighted by atomic mass is 19.1. The van der Waals surface area contributed by atoms with Crippen LogP contribution in [0.15, 0.2) is 24.3 Å². The number of hydrogen-bond donors (Lipinski definition) is 1. The van der Waals surface area contributed by atoms with Crippen molar-refractivity contribution in [3.05, 3.63) is 35.6 Å². The van der Waals surface area contributed by atoms with Crippen molar-refractivity contribution in [2.75, 3.05) is 6.54 Å². The number of likely N-dealkylation sites (tertiary alicyclic amines) is 1. The Labute approximate surface area is 123 Å². The predicted octanol–water partition coefficient (Wildman–Crippen LogP) is 2.47.